The molecule has 0 aliphatic carbocycles. The van der Waals surface area contributed by atoms with Crippen molar-refractivity contribution in [3.8, 4) is 6.07 Å². The Morgan fingerprint density at radius 1 is 1.20 bits per heavy atom. The topological polar surface area (TPSA) is 52.0 Å². The Balaban J connectivity index is 2.01. The van der Waals surface area contributed by atoms with Crippen LogP contribution in [-0.2, 0) is 13.1 Å². The molecule has 20 heavy (non-hydrogen) atoms. The molecule has 102 valence electrons. The first kappa shape index (κ1) is 14.0. The van der Waals surface area contributed by atoms with E-state index in [0.717, 1.165) is 30.2 Å². The summed E-state index contributed by atoms with van der Waals surface area (Å²) in [6.07, 6.45) is 0. The molecule has 0 saturated carbocycles. The smallest absolute Gasteiger partial charge is 0.126 e. The number of anilines is 1. The van der Waals surface area contributed by atoms with Crippen LogP contribution in [-0.4, -0.2) is 24.0 Å². The SMILES string of the molecule is CNc1cccc(CN(C)Cc2cccc(C#N)c2)n1. The average Bonchev–Trinajstić information content (AvgIpc) is 2.47. The van der Waals surface area contributed by atoms with Gasteiger partial charge in [0.05, 0.1) is 17.3 Å². The van der Waals surface area contributed by atoms with E-state index in [1.54, 1.807) is 0 Å². The van der Waals surface area contributed by atoms with Gasteiger partial charge in [-0.15, -0.1) is 0 Å². The molecule has 0 spiro atoms. The monoisotopic (exact) mass is 266 g/mol. The zero-order valence-corrected chi connectivity index (χ0v) is 11.8. The summed E-state index contributed by atoms with van der Waals surface area (Å²) >= 11 is 0. The third kappa shape index (κ3) is 3.81. The van der Waals surface area contributed by atoms with Crippen LogP contribution >= 0.6 is 0 Å². The Labute approximate surface area is 119 Å². The maximum atomic E-state index is 8.91. The van der Waals surface area contributed by atoms with Crippen LogP contribution in [0.4, 0.5) is 5.82 Å². The first-order chi connectivity index (χ1) is 9.71. The third-order valence-electron chi connectivity index (χ3n) is 3.00. The van der Waals surface area contributed by atoms with Gasteiger partial charge < -0.3 is 5.32 Å². The number of hydrogen-bond donors (Lipinski definition) is 1. The lowest BCUT2D eigenvalue weighted by Crippen LogP contribution is -2.18. The number of nitrogens with zero attached hydrogens (tertiary/aromatic N) is 3. The molecule has 0 atom stereocenters. The van der Waals surface area contributed by atoms with E-state index in [0.29, 0.717) is 5.56 Å². The van der Waals surface area contributed by atoms with Gasteiger partial charge in [0, 0.05) is 20.1 Å². The van der Waals surface area contributed by atoms with Gasteiger partial charge in [-0.1, -0.05) is 18.2 Å². The van der Waals surface area contributed by atoms with Crippen LogP contribution in [0.5, 0.6) is 0 Å². The van der Waals surface area contributed by atoms with Crippen molar-refractivity contribution in [1.82, 2.24) is 9.88 Å². The molecule has 1 aromatic carbocycles. The average molecular weight is 266 g/mol. The molecule has 1 aromatic heterocycles. The third-order valence-corrected chi connectivity index (χ3v) is 3.00. The Kier molecular flexibility index (Phi) is 4.70. The van der Waals surface area contributed by atoms with E-state index in [1.807, 2.05) is 56.6 Å². The number of rotatable bonds is 5. The van der Waals surface area contributed by atoms with Gasteiger partial charge in [-0.05, 0) is 36.9 Å². The fourth-order valence-electron chi connectivity index (χ4n) is 2.09. The molecule has 0 aliphatic rings. The fourth-order valence-corrected chi connectivity index (χ4v) is 2.09. The first-order valence-corrected chi connectivity index (χ1v) is 6.52. The van der Waals surface area contributed by atoms with Crippen molar-refractivity contribution in [1.29, 1.82) is 5.26 Å². The lowest BCUT2D eigenvalue weighted by molar-refractivity contribution is 0.315. The van der Waals surface area contributed by atoms with Crippen LogP contribution in [0.25, 0.3) is 0 Å². The van der Waals surface area contributed by atoms with Crippen LogP contribution in [0.15, 0.2) is 42.5 Å². The minimum atomic E-state index is 0.700. The molecule has 0 saturated heterocycles. The van der Waals surface area contributed by atoms with Crippen molar-refractivity contribution >= 4 is 5.82 Å². The maximum Gasteiger partial charge on any atom is 0.126 e. The van der Waals surface area contributed by atoms with E-state index in [-0.39, 0.29) is 0 Å². The highest BCUT2D eigenvalue weighted by atomic mass is 15.1. The number of benzene rings is 1. The lowest BCUT2D eigenvalue weighted by atomic mass is 10.1. The van der Waals surface area contributed by atoms with Crippen LogP contribution in [0.3, 0.4) is 0 Å². The summed E-state index contributed by atoms with van der Waals surface area (Å²) in [5, 5.41) is 11.9. The molecule has 4 heteroatoms. The molecular formula is C16H18N4. The Morgan fingerprint density at radius 2 is 2.00 bits per heavy atom. The van der Waals surface area contributed by atoms with Gasteiger partial charge >= 0.3 is 0 Å². The van der Waals surface area contributed by atoms with E-state index in [1.165, 1.54) is 0 Å². The minimum absolute atomic E-state index is 0.700. The number of hydrogen-bond acceptors (Lipinski definition) is 4. The van der Waals surface area contributed by atoms with Gasteiger partial charge in [0.1, 0.15) is 5.82 Å². The number of aromatic nitrogens is 1. The normalized spacial score (nSPS) is 10.3. The Hall–Kier alpha value is -2.38. The van der Waals surface area contributed by atoms with Gasteiger partial charge in [0.25, 0.3) is 0 Å². The van der Waals surface area contributed by atoms with Gasteiger partial charge in [-0.25, -0.2) is 4.98 Å². The molecule has 0 amide bonds. The molecule has 0 aliphatic heterocycles. The van der Waals surface area contributed by atoms with Crippen LogP contribution in [0.1, 0.15) is 16.8 Å². The predicted molar refractivity (Wildman–Crippen MR) is 80.1 cm³/mol. The number of pyridine rings is 1. The minimum Gasteiger partial charge on any atom is -0.373 e. The summed E-state index contributed by atoms with van der Waals surface area (Å²) in [7, 11) is 3.91. The van der Waals surface area contributed by atoms with E-state index in [2.05, 4.69) is 21.3 Å². The standard InChI is InChI=1S/C16H18N4/c1-18-16-8-4-7-15(19-16)12-20(2)11-14-6-3-5-13(9-14)10-17/h3-9H,11-12H2,1-2H3,(H,18,19). The molecule has 2 rings (SSSR count). The van der Waals surface area contributed by atoms with Crippen LogP contribution in [0.2, 0.25) is 0 Å². The van der Waals surface area contributed by atoms with Gasteiger partial charge in [0.15, 0.2) is 0 Å². The Bertz CT molecular complexity index is 616. The van der Waals surface area contributed by atoms with Crippen molar-refractivity contribution in [3.63, 3.8) is 0 Å². The predicted octanol–water partition coefficient (Wildman–Crippen LogP) is 2.63. The summed E-state index contributed by atoms with van der Waals surface area (Å²) in [5.41, 5.74) is 2.86. The van der Waals surface area contributed by atoms with E-state index in [9.17, 15) is 0 Å². The second kappa shape index (κ2) is 6.69. The molecule has 0 radical (unpaired) electrons. The summed E-state index contributed by atoms with van der Waals surface area (Å²) in [6, 6.07) is 15.8. The molecule has 4 nitrogen and oxygen atoms in total. The summed E-state index contributed by atoms with van der Waals surface area (Å²) < 4.78 is 0. The second-order valence-corrected chi connectivity index (χ2v) is 4.75. The zero-order chi connectivity index (χ0) is 14.4. The van der Waals surface area contributed by atoms with Gasteiger partial charge in [0.2, 0.25) is 0 Å². The summed E-state index contributed by atoms with van der Waals surface area (Å²) in [4.78, 5) is 6.68. The molecule has 0 bridgehead atoms. The van der Waals surface area contributed by atoms with E-state index >= 15 is 0 Å². The number of nitriles is 1. The van der Waals surface area contributed by atoms with Crippen molar-refractivity contribution in [2.75, 3.05) is 19.4 Å². The van der Waals surface area contributed by atoms with Gasteiger partial charge in [-0.2, -0.15) is 5.26 Å². The first-order valence-electron chi connectivity index (χ1n) is 6.52. The molecular weight excluding hydrogens is 248 g/mol. The van der Waals surface area contributed by atoms with Gasteiger partial charge in [-0.3, -0.25) is 4.90 Å². The second-order valence-electron chi connectivity index (χ2n) is 4.75. The van der Waals surface area contributed by atoms with E-state index < -0.39 is 0 Å². The summed E-state index contributed by atoms with van der Waals surface area (Å²) in [5.74, 6) is 0.877. The molecule has 0 unspecified atom stereocenters. The molecule has 1 N–H and O–H groups in total. The quantitative estimate of drug-likeness (QED) is 0.904. The lowest BCUT2D eigenvalue weighted by Gasteiger charge is -2.16. The van der Waals surface area contributed by atoms with Crippen molar-refractivity contribution in [2.45, 2.75) is 13.1 Å². The van der Waals surface area contributed by atoms with E-state index in [4.69, 9.17) is 5.26 Å². The molecule has 1 heterocycles. The van der Waals surface area contributed by atoms with Crippen LogP contribution in [0, 0.1) is 11.3 Å². The highest BCUT2D eigenvalue weighted by Crippen LogP contribution is 2.10. The van der Waals surface area contributed by atoms with Crippen molar-refractivity contribution in [3.05, 3.63) is 59.3 Å². The largest absolute Gasteiger partial charge is 0.373 e. The maximum absolute atomic E-state index is 8.91. The highest BCUT2D eigenvalue weighted by molar-refractivity contribution is 5.34. The highest BCUT2D eigenvalue weighted by Gasteiger charge is 2.04. The Morgan fingerprint density at radius 3 is 2.75 bits per heavy atom. The molecule has 0 fully saturated rings. The number of nitrogens with one attached hydrogen (secondary N) is 1. The summed E-state index contributed by atoms with van der Waals surface area (Å²) in [6.45, 7) is 1.56. The van der Waals surface area contributed by atoms with Crippen molar-refractivity contribution in [2.24, 2.45) is 0 Å². The zero-order valence-electron chi connectivity index (χ0n) is 11.8. The van der Waals surface area contributed by atoms with Crippen LogP contribution < -0.4 is 5.32 Å². The molecule has 2 aromatic rings. The van der Waals surface area contributed by atoms with Crippen molar-refractivity contribution < 1.29 is 0 Å². The fraction of sp³-hybridized carbons (Fsp3) is 0.250.